The Labute approximate surface area is 106 Å². The van der Waals surface area contributed by atoms with Gasteiger partial charge in [-0.05, 0) is 38.1 Å². The molecular formula is C12H16FNO2S. The number of nitrogens with one attached hydrogen (secondary N) is 1. The van der Waals surface area contributed by atoms with E-state index in [1.54, 1.807) is 13.8 Å². The zero-order chi connectivity index (χ0) is 12.9. The maximum Gasteiger partial charge on any atom is 0.263 e. The Hall–Kier alpha value is -1.23. The molecule has 0 bridgehead atoms. The second-order valence-electron chi connectivity index (χ2n) is 4.05. The lowest BCUT2D eigenvalue weighted by Gasteiger charge is -2.25. The summed E-state index contributed by atoms with van der Waals surface area (Å²) in [4.78, 5) is 11.8. The summed E-state index contributed by atoms with van der Waals surface area (Å²) in [6.45, 7) is 3.80. The Balaban J connectivity index is 2.65. The molecule has 1 aromatic carbocycles. The van der Waals surface area contributed by atoms with E-state index in [1.165, 1.54) is 24.3 Å². The molecule has 17 heavy (non-hydrogen) atoms. The van der Waals surface area contributed by atoms with Gasteiger partial charge in [-0.2, -0.15) is 12.6 Å². The van der Waals surface area contributed by atoms with E-state index in [0.29, 0.717) is 18.0 Å². The van der Waals surface area contributed by atoms with Crippen molar-refractivity contribution in [2.24, 2.45) is 0 Å². The van der Waals surface area contributed by atoms with Crippen LogP contribution >= 0.6 is 12.6 Å². The van der Waals surface area contributed by atoms with Gasteiger partial charge >= 0.3 is 0 Å². The van der Waals surface area contributed by atoms with E-state index >= 15 is 0 Å². The smallest absolute Gasteiger partial charge is 0.263 e. The van der Waals surface area contributed by atoms with Crippen LogP contribution in [0.5, 0.6) is 5.75 Å². The van der Waals surface area contributed by atoms with Crippen molar-refractivity contribution in [1.29, 1.82) is 0 Å². The first kappa shape index (κ1) is 13.8. The van der Waals surface area contributed by atoms with Gasteiger partial charge in [-0.25, -0.2) is 4.39 Å². The van der Waals surface area contributed by atoms with Gasteiger partial charge in [0.05, 0.1) is 0 Å². The van der Waals surface area contributed by atoms with E-state index < -0.39 is 5.60 Å². The minimum Gasteiger partial charge on any atom is -0.478 e. The van der Waals surface area contributed by atoms with E-state index in [4.69, 9.17) is 4.74 Å². The first-order valence-corrected chi connectivity index (χ1v) is 5.92. The molecule has 94 valence electrons. The van der Waals surface area contributed by atoms with Gasteiger partial charge < -0.3 is 10.1 Å². The van der Waals surface area contributed by atoms with Crippen molar-refractivity contribution < 1.29 is 13.9 Å². The fraction of sp³-hybridized carbons (Fsp3) is 0.417. The molecule has 0 atom stereocenters. The zero-order valence-electron chi connectivity index (χ0n) is 9.87. The number of thiol groups is 1. The molecule has 0 aliphatic carbocycles. The Morgan fingerprint density at radius 3 is 2.53 bits per heavy atom. The van der Waals surface area contributed by atoms with E-state index in [0.717, 1.165) is 0 Å². The molecule has 1 aromatic rings. The molecule has 0 unspecified atom stereocenters. The lowest BCUT2D eigenvalue weighted by atomic mass is 10.1. The molecule has 0 radical (unpaired) electrons. The van der Waals surface area contributed by atoms with Gasteiger partial charge in [0.25, 0.3) is 5.91 Å². The van der Waals surface area contributed by atoms with Gasteiger partial charge in [0.2, 0.25) is 0 Å². The van der Waals surface area contributed by atoms with Crippen molar-refractivity contribution in [3.8, 4) is 5.75 Å². The lowest BCUT2D eigenvalue weighted by molar-refractivity contribution is -0.134. The molecule has 1 rings (SSSR count). The SMILES string of the molecule is CC(C)(Oc1ccc(F)cc1)C(=O)NCCS. The quantitative estimate of drug-likeness (QED) is 0.792. The van der Waals surface area contributed by atoms with Crippen molar-refractivity contribution in [2.75, 3.05) is 12.3 Å². The number of ether oxygens (including phenoxy) is 1. The maximum absolute atomic E-state index is 12.7. The number of benzene rings is 1. The summed E-state index contributed by atoms with van der Waals surface area (Å²) in [6.07, 6.45) is 0. The van der Waals surface area contributed by atoms with Crippen molar-refractivity contribution >= 4 is 18.5 Å². The Kier molecular flexibility index (Phi) is 4.81. The van der Waals surface area contributed by atoms with E-state index in [9.17, 15) is 9.18 Å². The molecule has 0 saturated heterocycles. The third-order valence-electron chi connectivity index (χ3n) is 2.13. The number of hydrogen-bond donors (Lipinski definition) is 2. The van der Waals surface area contributed by atoms with E-state index in [-0.39, 0.29) is 11.7 Å². The first-order chi connectivity index (χ1) is 7.95. The summed E-state index contributed by atoms with van der Waals surface area (Å²) >= 11 is 4.00. The van der Waals surface area contributed by atoms with Crippen LogP contribution < -0.4 is 10.1 Å². The minimum atomic E-state index is -0.999. The number of carbonyl (C=O) groups is 1. The van der Waals surface area contributed by atoms with Crippen LogP contribution in [0, 0.1) is 5.82 Å². The Morgan fingerprint density at radius 1 is 1.41 bits per heavy atom. The van der Waals surface area contributed by atoms with Gasteiger partial charge in [0.1, 0.15) is 11.6 Å². The van der Waals surface area contributed by atoms with Gasteiger partial charge in [-0.15, -0.1) is 0 Å². The van der Waals surface area contributed by atoms with Crippen LogP contribution in [0.4, 0.5) is 4.39 Å². The summed E-state index contributed by atoms with van der Waals surface area (Å²) in [5.41, 5.74) is -0.999. The molecular weight excluding hydrogens is 241 g/mol. The third-order valence-corrected chi connectivity index (χ3v) is 2.35. The van der Waals surface area contributed by atoms with Crippen LogP contribution in [0.25, 0.3) is 0 Å². The predicted octanol–water partition coefficient (Wildman–Crippen LogP) is 2.03. The summed E-state index contributed by atoms with van der Waals surface area (Å²) in [7, 11) is 0. The fourth-order valence-corrected chi connectivity index (χ4v) is 1.34. The molecule has 1 N–H and O–H groups in total. The van der Waals surface area contributed by atoms with Crippen LogP contribution in [0.1, 0.15) is 13.8 Å². The second-order valence-corrected chi connectivity index (χ2v) is 4.49. The van der Waals surface area contributed by atoms with Crippen molar-refractivity contribution in [1.82, 2.24) is 5.32 Å². The molecule has 0 saturated carbocycles. The number of halogens is 1. The monoisotopic (exact) mass is 257 g/mol. The third kappa shape index (κ3) is 4.26. The molecule has 0 aliphatic rings. The standard InChI is InChI=1S/C12H16FNO2S/c1-12(2,11(15)14-7-8-17)16-10-5-3-9(13)4-6-10/h3-6,17H,7-8H2,1-2H3,(H,14,15). The summed E-state index contributed by atoms with van der Waals surface area (Å²) in [5, 5.41) is 2.69. The molecule has 0 aliphatic heterocycles. The highest BCUT2D eigenvalue weighted by Gasteiger charge is 2.29. The average Bonchev–Trinajstić information content (AvgIpc) is 2.28. The largest absolute Gasteiger partial charge is 0.478 e. The average molecular weight is 257 g/mol. The molecule has 0 fully saturated rings. The van der Waals surface area contributed by atoms with Gasteiger partial charge in [0.15, 0.2) is 5.60 Å². The molecule has 5 heteroatoms. The number of carbonyl (C=O) groups excluding carboxylic acids is 1. The molecule has 0 spiro atoms. The minimum absolute atomic E-state index is 0.226. The van der Waals surface area contributed by atoms with E-state index in [1.807, 2.05) is 0 Å². The van der Waals surface area contributed by atoms with Gasteiger partial charge in [0, 0.05) is 12.3 Å². The topological polar surface area (TPSA) is 38.3 Å². The summed E-state index contributed by atoms with van der Waals surface area (Å²) < 4.78 is 18.2. The molecule has 0 aromatic heterocycles. The Bertz CT molecular complexity index is 379. The van der Waals surface area contributed by atoms with Gasteiger partial charge in [-0.3, -0.25) is 4.79 Å². The van der Waals surface area contributed by atoms with Gasteiger partial charge in [-0.1, -0.05) is 0 Å². The molecule has 1 amide bonds. The zero-order valence-corrected chi connectivity index (χ0v) is 10.8. The van der Waals surface area contributed by atoms with Crippen LogP contribution in [0.3, 0.4) is 0 Å². The van der Waals surface area contributed by atoms with Crippen molar-refractivity contribution in [3.05, 3.63) is 30.1 Å². The number of rotatable bonds is 5. The Morgan fingerprint density at radius 2 is 2.00 bits per heavy atom. The van der Waals surface area contributed by atoms with E-state index in [2.05, 4.69) is 17.9 Å². The van der Waals surface area contributed by atoms with Crippen LogP contribution in [0.2, 0.25) is 0 Å². The highest BCUT2D eigenvalue weighted by molar-refractivity contribution is 7.80. The lowest BCUT2D eigenvalue weighted by Crippen LogP contribution is -2.47. The van der Waals surface area contributed by atoms with Crippen molar-refractivity contribution in [3.63, 3.8) is 0 Å². The number of hydrogen-bond acceptors (Lipinski definition) is 3. The first-order valence-electron chi connectivity index (χ1n) is 5.29. The summed E-state index contributed by atoms with van der Waals surface area (Å²) in [5.74, 6) is 0.459. The van der Waals surface area contributed by atoms with Crippen LogP contribution in [0.15, 0.2) is 24.3 Å². The highest BCUT2D eigenvalue weighted by atomic mass is 32.1. The second kappa shape index (κ2) is 5.91. The predicted molar refractivity (Wildman–Crippen MR) is 68.0 cm³/mol. The van der Waals surface area contributed by atoms with Crippen LogP contribution in [-0.4, -0.2) is 23.8 Å². The highest BCUT2D eigenvalue weighted by Crippen LogP contribution is 2.18. The molecule has 3 nitrogen and oxygen atoms in total. The maximum atomic E-state index is 12.7. The summed E-state index contributed by atoms with van der Waals surface area (Å²) in [6, 6.07) is 5.56. The van der Waals surface area contributed by atoms with Crippen LogP contribution in [-0.2, 0) is 4.79 Å². The number of amides is 1. The normalized spacial score (nSPS) is 11.1. The fourth-order valence-electron chi connectivity index (χ4n) is 1.23. The van der Waals surface area contributed by atoms with Crippen molar-refractivity contribution in [2.45, 2.75) is 19.4 Å². The molecule has 0 heterocycles.